The molecule has 9 heteroatoms. The zero-order valence-electron chi connectivity index (χ0n) is 18.6. The first kappa shape index (κ1) is 24.6. The van der Waals surface area contributed by atoms with Gasteiger partial charge in [-0.1, -0.05) is 37.6 Å². The number of H-pyrrole nitrogens is 1. The average Bonchev–Trinajstić information content (AvgIpc) is 2.84. The lowest BCUT2D eigenvalue weighted by atomic mass is 10.1. The summed E-state index contributed by atoms with van der Waals surface area (Å²) in [5.74, 6) is -2.30. The van der Waals surface area contributed by atoms with Gasteiger partial charge in [0, 0.05) is 19.3 Å². The maximum atomic E-state index is 13.1. The summed E-state index contributed by atoms with van der Waals surface area (Å²) in [4.78, 5) is 41.1. The first-order chi connectivity index (χ1) is 16.4. The lowest BCUT2D eigenvalue weighted by Gasteiger charge is -2.13. The van der Waals surface area contributed by atoms with E-state index >= 15 is 0 Å². The van der Waals surface area contributed by atoms with E-state index in [0.29, 0.717) is 17.5 Å². The molecule has 0 fully saturated rings. The summed E-state index contributed by atoms with van der Waals surface area (Å²) in [6, 6.07) is 11.2. The van der Waals surface area contributed by atoms with Gasteiger partial charge in [-0.05, 0) is 41.8 Å². The molecular weight excluding hydrogens is 444 g/mol. The van der Waals surface area contributed by atoms with E-state index in [1.54, 1.807) is 0 Å². The molecule has 34 heavy (non-hydrogen) atoms. The van der Waals surface area contributed by atoms with Crippen molar-refractivity contribution in [2.45, 2.75) is 32.9 Å². The van der Waals surface area contributed by atoms with E-state index in [1.165, 1.54) is 48.5 Å². The van der Waals surface area contributed by atoms with Crippen LogP contribution in [0.15, 0.2) is 59.5 Å². The summed E-state index contributed by atoms with van der Waals surface area (Å²) >= 11 is 0. The van der Waals surface area contributed by atoms with Crippen molar-refractivity contribution in [2.24, 2.45) is 0 Å². The molecule has 0 saturated carbocycles. The van der Waals surface area contributed by atoms with Crippen LogP contribution in [-0.2, 0) is 13.1 Å². The molecule has 0 atom stereocenters. The van der Waals surface area contributed by atoms with Gasteiger partial charge in [0.2, 0.25) is 5.43 Å². The minimum Gasteiger partial charge on any atom is -0.487 e. The number of aromatic amines is 1. The second-order valence-electron chi connectivity index (χ2n) is 7.56. The molecule has 0 radical (unpaired) electrons. The highest BCUT2D eigenvalue weighted by Crippen LogP contribution is 2.14. The highest BCUT2D eigenvalue weighted by Gasteiger charge is 2.22. The average molecular weight is 469 g/mol. The number of hydrogen-bond donors (Lipinski definition) is 3. The van der Waals surface area contributed by atoms with E-state index < -0.39 is 23.1 Å². The third-order valence-electron chi connectivity index (χ3n) is 4.99. The van der Waals surface area contributed by atoms with Crippen molar-refractivity contribution in [3.05, 3.63) is 99.0 Å². The quantitative estimate of drug-likeness (QED) is 0.394. The number of ether oxygens (including phenoxy) is 1. The molecule has 2 aromatic carbocycles. The monoisotopic (exact) mass is 469 g/mol. The van der Waals surface area contributed by atoms with Crippen LogP contribution in [0, 0.1) is 11.6 Å². The van der Waals surface area contributed by atoms with Crippen molar-refractivity contribution >= 4 is 11.8 Å². The van der Waals surface area contributed by atoms with E-state index in [9.17, 15) is 23.2 Å². The number of carbonyl (C=O) groups excluding carboxylic acids is 2. The fraction of sp³-hybridized carbons (Fsp3) is 0.240. The Morgan fingerprint density at radius 3 is 1.94 bits per heavy atom. The third-order valence-corrected chi connectivity index (χ3v) is 4.99. The lowest BCUT2D eigenvalue weighted by molar-refractivity contribution is 0.0929. The Bertz CT molecular complexity index is 1190. The summed E-state index contributed by atoms with van der Waals surface area (Å²) < 4.78 is 31.7. The van der Waals surface area contributed by atoms with Gasteiger partial charge in [-0.15, -0.1) is 0 Å². The van der Waals surface area contributed by atoms with Crippen molar-refractivity contribution in [2.75, 3.05) is 6.61 Å². The van der Waals surface area contributed by atoms with Crippen LogP contribution in [-0.4, -0.2) is 23.4 Å². The molecule has 178 valence electrons. The Morgan fingerprint density at radius 1 is 0.882 bits per heavy atom. The first-order valence-corrected chi connectivity index (χ1v) is 10.8. The minimum atomic E-state index is -0.724. The standard InChI is InChI=1S/C25H25F2N3O4/c1-2-3-12-34-23-21(25(33)30-14-17-6-10-19(27)11-7-17)28-15-20(22(23)31)24(32)29-13-16-4-8-18(26)9-5-16/h4-11,15H,2-3,12-14H2,1H3,(H,28,31)(H,29,32)(H,30,33). The molecule has 3 aromatic rings. The molecule has 2 amide bonds. The number of amides is 2. The number of unbranched alkanes of at least 4 members (excludes halogenated alkanes) is 1. The second-order valence-corrected chi connectivity index (χ2v) is 7.56. The number of carbonyl (C=O) groups is 2. The molecule has 1 aromatic heterocycles. The van der Waals surface area contributed by atoms with Gasteiger partial charge < -0.3 is 20.4 Å². The first-order valence-electron chi connectivity index (χ1n) is 10.8. The predicted octanol–water partition coefficient (Wildman–Crippen LogP) is 3.69. The maximum absolute atomic E-state index is 13.1. The van der Waals surface area contributed by atoms with Gasteiger partial charge in [-0.2, -0.15) is 0 Å². The normalized spacial score (nSPS) is 10.6. The zero-order valence-corrected chi connectivity index (χ0v) is 18.6. The number of aromatic nitrogens is 1. The van der Waals surface area contributed by atoms with Gasteiger partial charge in [0.05, 0.1) is 6.61 Å². The number of nitrogens with one attached hydrogen (secondary N) is 3. The molecule has 0 unspecified atom stereocenters. The Morgan fingerprint density at radius 2 is 1.41 bits per heavy atom. The minimum absolute atomic E-state index is 0.0878. The number of halogens is 2. The van der Waals surface area contributed by atoms with E-state index in [2.05, 4.69) is 15.6 Å². The summed E-state index contributed by atoms with van der Waals surface area (Å²) in [5, 5.41) is 5.25. The van der Waals surface area contributed by atoms with E-state index in [-0.39, 0.29) is 42.5 Å². The van der Waals surface area contributed by atoms with Gasteiger partial charge in [-0.3, -0.25) is 14.4 Å². The largest absolute Gasteiger partial charge is 0.487 e. The van der Waals surface area contributed by atoms with Crippen LogP contribution < -0.4 is 20.8 Å². The highest BCUT2D eigenvalue weighted by molar-refractivity contribution is 5.98. The predicted molar refractivity (Wildman–Crippen MR) is 123 cm³/mol. The molecule has 0 saturated heterocycles. The van der Waals surface area contributed by atoms with E-state index in [0.717, 1.165) is 12.6 Å². The molecule has 0 aliphatic rings. The maximum Gasteiger partial charge on any atom is 0.271 e. The fourth-order valence-electron chi connectivity index (χ4n) is 3.06. The molecule has 0 bridgehead atoms. The van der Waals surface area contributed by atoms with Crippen LogP contribution in [0.1, 0.15) is 51.7 Å². The smallest absolute Gasteiger partial charge is 0.271 e. The summed E-state index contributed by atoms with van der Waals surface area (Å²) in [5.41, 5.74) is 0.269. The molecule has 3 rings (SSSR count). The van der Waals surface area contributed by atoms with Crippen LogP contribution in [0.25, 0.3) is 0 Å². The Kier molecular flexibility index (Phi) is 8.50. The topological polar surface area (TPSA) is 100 Å². The van der Waals surface area contributed by atoms with E-state index in [4.69, 9.17) is 4.74 Å². The molecule has 0 aliphatic heterocycles. The van der Waals surface area contributed by atoms with Gasteiger partial charge in [0.15, 0.2) is 11.4 Å². The fourth-order valence-corrected chi connectivity index (χ4v) is 3.06. The van der Waals surface area contributed by atoms with Crippen molar-refractivity contribution < 1.29 is 23.1 Å². The summed E-state index contributed by atoms with van der Waals surface area (Å²) in [6.07, 6.45) is 2.61. The van der Waals surface area contributed by atoms with Crippen LogP contribution in [0.2, 0.25) is 0 Å². The molecule has 0 aliphatic carbocycles. The zero-order chi connectivity index (χ0) is 24.5. The number of pyridine rings is 1. The Hall–Kier alpha value is -4.01. The Labute approximate surface area is 195 Å². The van der Waals surface area contributed by atoms with Crippen molar-refractivity contribution in [1.29, 1.82) is 0 Å². The molecule has 7 nitrogen and oxygen atoms in total. The van der Waals surface area contributed by atoms with Gasteiger partial charge in [-0.25, -0.2) is 8.78 Å². The molecule has 3 N–H and O–H groups in total. The summed E-state index contributed by atoms with van der Waals surface area (Å²) in [7, 11) is 0. The summed E-state index contributed by atoms with van der Waals surface area (Å²) in [6.45, 7) is 2.33. The third kappa shape index (κ3) is 6.50. The Balaban J connectivity index is 1.77. The van der Waals surface area contributed by atoms with Crippen LogP contribution >= 0.6 is 0 Å². The van der Waals surface area contributed by atoms with Crippen LogP contribution in [0.4, 0.5) is 8.78 Å². The van der Waals surface area contributed by atoms with Crippen LogP contribution in [0.5, 0.6) is 5.75 Å². The van der Waals surface area contributed by atoms with E-state index in [1.807, 2.05) is 6.92 Å². The van der Waals surface area contributed by atoms with Crippen LogP contribution in [0.3, 0.4) is 0 Å². The van der Waals surface area contributed by atoms with Crippen molar-refractivity contribution in [1.82, 2.24) is 15.6 Å². The number of benzene rings is 2. The molecule has 1 heterocycles. The van der Waals surface area contributed by atoms with Gasteiger partial charge >= 0.3 is 0 Å². The SMILES string of the molecule is CCCCOc1c(C(=O)NCc2ccc(F)cc2)[nH]cc(C(=O)NCc2ccc(F)cc2)c1=O. The van der Waals surface area contributed by atoms with Crippen molar-refractivity contribution in [3.63, 3.8) is 0 Å². The van der Waals surface area contributed by atoms with Crippen molar-refractivity contribution in [3.8, 4) is 5.75 Å². The second kappa shape index (κ2) is 11.7. The van der Waals surface area contributed by atoms with Gasteiger partial charge in [0.1, 0.15) is 17.2 Å². The lowest BCUT2D eigenvalue weighted by Crippen LogP contribution is -2.32. The number of hydrogen-bond acceptors (Lipinski definition) is 4. The highest BCUT2D eigenvalue weighted by atomic mass is 19.1. The van der Waals surface area contributed by atoms with Gasteiger partial charge in [0.25, 0.3) is 11.8 Å². The molecule has 0 spiro atoms. The number of rotatable bonds is 10. The molecular formula is C25H25F2N3O4.